The van der Waals surface area contributed by atoms with Crippen molar-refractivity contribution >= 4 is 23.5 Å². The number of carbonyl (C=O) groups excluding carboxylic acids is 2. The molecule has 0 aliphatic heterocycles. The minimum Gasteiger partial charge on any atom is -0.464 e. The highest BCUT2D eigenvalue weighted by atomic mass is 35.5. The van der Waals surface area contributed by atoms with Crippen LogP contribution in [-0.4, -0.2) is 49.3 Å². The lowest BCUT2D eigenvalue weighted by molar-refractivity contribution is 0.0594. The van der Waals surface area contributed by atoms with E-state index in [1.54, 1.807) is 12.1 Å². The van der Waals surface area contributed by atoms with Crippen molar-refractivity contribution in [2.24, 2.45) is 0 Å². The van der Waals surface area contributed by atoms with Crippen LogP contribution in [0, 0.1) is 0 Å². The predicted molar refractivity (Wildman–Crippen MR) is 110 cm³/mol. The molecule has 0 bridgehead atoms. The summed E-state index contributed by atoms with van der Waals surface area (Å²) in [6.07, 6.45) is 2.95. The molecular weight excluding hydrogens is 428 g/mol. The second-order valence-electron chi connectivity index (χ2n) is 6.48. The summed E-state index contributed by atoms with van der Waals surface area (Å²) in [4.78, 5) is 33.9. The summed E-state index contributed by atoms with van der Waals surface area (Å²) in [5.41, 5.74) is 2.27. The molecule has 3 aromatic rings. The Bertz CT molecular complexity index is 1090. The van der Waals surface area contributed by atoms with Gasteiger partial charge in [0.15, 0.2) is 5.82 Å². The van der Waals surface area contributed by atoms with Crippen LogP contribution in [0.3, 0.4) is 0 Å². The number of H-pyrrole nitrogens is 2. The maximum atomic E-state index is 12.3. The van der Waals surface area contributed by atoms with Crippen molar-refractivity contribution in [1.82, 2.24) is 20.3 Å². The Kier molecular flexibility index (Phi) is 7.08. The number of methoxy groups -OCH3 is 1. The minimum atomic E-state index is -0.713. The van der Waals surface area contributed by atoms with E-state index in [4.69, 9.17) is 16.3 Å². The lowest BCUT2D eigenvalue weighted by Gasteiger charge is -2.16. The van der Waals surface area contributed by atoms with Gasteiger partial charge in [-0.05, 0) is 22.3 Å². The van der Waals surface area contributed by atoms with Crippen molar-refractivity contribution in [2.75, 3.05) is 7.11 Å². The van der Waals surface area contributed by atoms with Crippen LogP contribution < -0.4 is 5.32 Å². The second kappa shape index (κ2) is 9.75. The average molecular weight is 449 g/mol. The molecule has 31 heavy (non-hydrogen) atoms. The molecule has 0 fully saturated rings. The average Bonchev–Trinajstić information content (AvgIpc) is 3.44. The van der Waals surface area contributed by atoms with Gasteiger partial charge >= 0.3 is 5.97 Å². The lowest BCUT2D eigenvalue weighted by atomic mass is 9.92. The molecule has 3 rings (SSSR count). The number of aromatic nitrogens is 3. The molecule has 0 saturated carbocycles. The molecule has 1 aromatic carbocycles. The number of nitrogens with one attached hydrogen (secondary N) is 3. The summed E-state index contributed by atoms with van der Waals surface area (Å²) in [7, 11) is 1.20. The summed E-state index contributed by atoms with van der Waals surface area (Å²) in [5, 5.41) is 32.0. The van der Waals surface area contributed by atoms with Gasteiger partial charge in [0.2, 0.25) is 0 Å². The van der Waals surface area contributed by atoms with Crippen LogP contribution >= 0.6 is 11.6 Å². The van der Waals surface area contributed by atoms with Gasteiger partial charge in [0, 0.05) is 23.7 Å². The first-order valence-corrected chi connectivity index (χ1v) is 9.57. The van der Waals surface area contributed by atoms with Crippen molar-refractivity contribution in [1.29, 1.82) is 0 Å². The third-order valence-corrected chi connectivity index (χ3v) is 5.21. The molecule has 0 radical (unpaired) electrons. The number of amides is 1. The fourth-order valence-electron chi connectivity index (χ4n) is 3.33. The third kappa shape index (κ3) is 4.32. The Hall–Kier alpha value is -3.18. The zero-order valence-electron chi connectivity index (χ0n) is 16.5. The fraction of sp³-hybridized carbons (Fsp3) is 0.250. The number of aliphatic hydroxyl groups excluding tert-OH is 3. The van der Waals surface area contributed by atoms with Crippen molar-refractivity contribution in [3.63, 3.8) is 0 Å². The minimum absolute atomic E-state index is 0.0258. The number of hydrogen-bond donors (Lipinski definition) is 6. The highest BCUT2D eigenvalue weighted by Gasteiger charge is 2.26. The van der Waals surface area contributed by atoms with E-state index in [0.717, 1.165) is 0 Å². The number of esters is 1. The molecule has 11 heteroatoms. The number of aliphatic hydroxyl groups is 3. The van der Waals surface area contributed by atoms with Crippen LogP contribution in [0.1, 0.15) is 43.5 Å². The summed E-state index contributed by atoms with van der Waals surface area (Å²) >= 11 is 6.49. The first kappa shape index (κ1) is 22.5. The molecule has 0 spiro atoms. The molecule has 1 amide bonds. The molecule has 0 aliphatic rings. The predicted octanol–water partition coefficient (Wildman–Crippen LogP) is 1.25. The number of aromatic amines is 2. The van der Waals surface area contributed by atoms with Gasteiger partial charge in [-0.3, -0.25) is 4.79 Å². The summed E-state index contributed by atoms with van der Waals surface area (Å²) in [5.74, 6) is -1.08. The molecular formula is C20H21ClN4O6. The number of halogens is 1. The van der Waals surface area contributed by atoms with Crippen molar-refractivity contribution in [3.8, 4) is 11.1 Å². The van der Waals surface area contributed by atoms with E-state index in [-0.39, 0.29) is 29.7 Å². The van der Waals surface area contributed by atoms with Crippen LogP contribution in [0.5, 0.6) is 0 Å². The van der Waals surface area contributed by atoms with Gasteiger partial charge < -0.3 is 35.3 Å². The number of ether oxygens (including phenoxy) is 1. The van der Waals surface area contributed by atoms with Gasteiger partial charge in [-0.15, -0.1) is 0 Å². The second-order valence-corrected chi connectivity index (χ2v) is 6.86. The van der Waals surface area contributed by atoms with Gasteiger partial charge in [0.05, 0.1) is 38.5 Å². The summed E-state index contributed by atoms with van der Waals surface area (Å²) < 4.78 is 4.76. The Morgan fingerprint density at radius 2 is 1.90 bits per heavy atom. The zero-order chi connectivity index (χ0) is 22.5. The number of rotatable bonds is 8. The van der Waals surface area contributed by atoms with Crippen LogP contribution in [0.25, 0.3) is 11.1 Å². The van der Waals surface area contributed by atoms with E-state index >= 15 is 0 Å². The topological polar surface area (TPSA) is 161 Å². The van der Waals surface area contributed by atoms with E-state index in [9.17, 15) is 24.9 Å². The fourth-order valence-corrected chi connectivity index (χ4v) is 3.67. The third-order valence-electron chi connectivity index (χ3n) is 4.83. The van der Waals surface area contributed by atoms with Crippen LogP contribution in [0.2, 0.25) is 5.02 Å². The van der Waals surface area contributed by atoms with Crippen LogP contribution in [-0.2, 0) is 31.1 Å². The lowest BCUT2D eigenvalue weighted by Crippen LogP contribution is -2.24. The molecule has 164 valence electrons. The maximum Gasteiger partial charge on any atom is 0.356 e. The van der Waals surface area contributed by atoms with E-state index in [0.29, 0.717) is 33.5 Å². The molecule has 0 aliphatic carbocycles. The Morgan fingerprint density at radius 3 is 2.48 bits per heavy atom. The number of benzene rings is 1. The van der Waals surface area contributed by atoms with E-state index in [2.05, 4.69) is 20.3 Å². The smallest absolute Gasteiger partial charge is 0.356 e. The van der Waals surface area contributed by atoms with Gasteiger partial charge in [0.1, 0.15) is 5.69 Å². The first-order chi connectivity index (χ1) is 15.0. The Balaban J connectivity index is 2.11. The Labute approximate surface area is 181 Å². The van der Waals surface area contributed by atoms with Crippen molar-refractivity contribution in [2.45, 2.75) is 26.4 Å². The van der Waals surface area contributed by atoms with Gasteiger partial charge in [-0.25, -0.2) is 9.78 Å². The van der Waals surface area contributed by atoms with Crippen LogP contribution in [0.15, 0.2) is 24.5 Å². The zero-order valence-corrected chi connectivity index (χ0v) is 17.3. The quantitative estimate of drug-likeness (QED) is 0.283. The molecule has 2 aromatic heterocycles. The van der Waals surface area contributed by atoms with Gasteiger partial charge in [-0.2, -0.15) is 0 Å². The molecule has 0 unspecified atom stereocenters. The largest absolute Gasteiger partial charge is 0.464 e. The molecule has 2 heterocycles. The van der Waals surface area contributed by atoms with E-state index in [1.807, 2.05) is 0 Å². The van der Waals surface area contributed by atoms with Crippen molar-refractivity contribution in [3.05, 3.63) is 63.5 Å². The first-order valence-electron chi connectivity index (χ1n) is 9.19. The van der Waals surface area contributed by atoms with E-state index in [1.165, 1.54) is 19.5 Å². The highest BCUT2D eigenvalue weighted by Crippen LogP contribution is 2.38. The monoisotopic (exact) mass is 448 g/mol. The standard InChI is InChI=1S/C20H21ClN4O6/c1-31-20(30)17-16(21)15(11-3-2-10(7-26)12(8-27)13(11)9-28)14(25-17)6-24-19(29)18-22-4-5-23-18/h2-5,25-28H,6-9H2,1H3,(H,22,23)(H,24,29). The van der Waals surface area contributed by atoms with Gasteiger partial charge in [0.25, 0.3) is 5.91 Å². The number of imidazole rings is 1. The molecule has 6 N–H and O–H groups in total. The SMILES string of the molecule is COC(=O)c1[nH]c(CNC(=O)c2ncc[nH]2)c(-c2ccc(CO)c(CO)c2CO)c1Cl. The number of carbonyl (C=O) groups is 2. The molecule has 10 nitrogen and oxygen atoms in total. The summed E-state index contributed by atoms with van der Waals surface area (Å²) in [6, 6.07) is 3.20. The molecule has 0 saturated heterocycles. The highest BCUT2D eigenvalue weighted by molar-refractivity contribution is 6.36. The van der Waals surface area contributed by atoms with E-state index < -0.39 is 25.1 Å². The maximum absolute atomic E-state index is 12.3. The normalized spacial score (nSPS) is 10.9. The van der Waals surface area contributed by atoms with Gasteiger partial charge in [-0.1, -0.05) is 23.7 Å². The molecule has 0 atom stereocenters. The Morgan fingerprint density at radius 1 is 1.16 bits per heavy atom. The summed E-state index contributed by atoms with van der Waals surface area (Å²) in [6.45, 7) is -1.25. The van der Waals surface area contributed by atoms with Crippen LogP contribution in [0.4, 0.5) is 0 Å². The number of nitrogens with zero attached hydrogens (tertiary/aromatic N) is 1. The van der Waals surface area contributed by atoms with Crippen molar-refractivity contribution < 1.29 is 29.6 Å². The number of hydrogen-bond acceptors (Lipinski definition) is 7.